The van der Waals surface area contributed by atoms with E-state index in [0.29, 0.717) is 12.5 Å². The number of halogens is 1. The fourth-order valence-electron chi connectivity index (χ4n) is 2.76. The maximum atomic E-state index is 5.91. The Kier molecular flexibility index (Phi) is 5.66. The lowest BCUT2D eigenvalue weighted by Crippen LogP contribution is -2.18. The van der Waals surface area contributed by atoms with Crippen molar-refractivity contribution in [1.29, 1.82) is 0 Å². The van der Waals surface area contributed by atoms with Crippen LogP contribution in [0.4, 0.5) is 0 Å². The van der Waals surface area contributed by atoms with Crippen molar-refractivity contribution >= 4 is 12.4 Å². The summed E-state index contributed by atoms with van der Waals surface area (Å²) in [6.45, 7) is 5.03. The van der Waals surface area contributed by atoms with Crippen molar-refractivity contribution in [3.05, 3.63) is 65.2 Å². The molecule has 2 aromatic carbocycles. The second-order valence-corrected chi connectivity index (χ2v) is 5.49. The molecule has 1 N–H and O–H groups in total. The predicted octanol–water partition coefficient (Wildman–Crippen LogP) is 3.94. The van der Waals surface area contributed by atoms with Gasteiger partial charge >= 0.3 is 0 Å². The van der Waals surface area contributed by atoms with Gasteiger partial charge in [-0.05, 0) is 47.7 Å². The highest BCUT2D eigenvalue weighted by Gasteiger charge is 2.14. The van der Waals surface area contributed by atoms with E-state index in [2.05, 4.69) is 42.6 Å². The van der Waals surface area contributed by atoms with Crippen LogP contribution in [0, 0.1) is 0 Å². The topological polar surface area (TPSA) is 21.3 Å². The molecule has 0 bridgehead atoms. The number of fused-ring (bicyclic) bond motifs is 1. The molecule has 2 nitrogen and oxygen atoms in total. The van der Waals surface area contributed by atoms with Gasteiger partial charge in [0.25, 0.3) is 0 Å². The van der Waals surface area contributed by atoms with Gasteiger partial charge in [-0.3, -0.25) is 0 Å². The lowest BCUT2D eigenvalue weighted by atomic mass is 9.95. The average Bonchev–Trinajstić information content (AvgIpc) is 2.68. The zero-order valence-corrected chi connectivity index (χ0v) is 13.2. The van der Waals surface area contributed by atoms with Crippen LogP contribution in [0.25, 0.3) is 0 Å². The number of benzene rings is 2. The fourth-order valence-corrected chi connectivity index (χ4v) is 2.76. The first kappa shape index (κ1) is 15.9. The molecule has 0 aliphatic carbocycles. The highest BCUT2D eigenvalue weighted by atomic mass is 35.5. The van der Waals surface area contributed by atoms with Crippen molar-refractivity contribution in [2.75, 3.05) is 13.1 Å². The zero-order valence-electron chi connectivity index (χ0n) is 12.3. The van der Waals surface area contributed by atoms with Crippen molar-refractivity contribution in [3.63, 3.8) is 0 Å². The van der Waals surface area contributed by atoms with Crippen LogP contribution in [-0.4, -0.2) is 13.1 Å². The molecule has 112 valence electrons. The molecule has 21 heavy (non-hydrogen) atoms. The molecule has 0 saturated carbocycles. The normalized spacial score (nSPS) is 17.3. The smallest absolute Gasteiger partial charge is 0.120 e. The van der Waals surface area contributed by atoms with E-state index in [1.54, 1.807) is 0 Å². The maximum Gasteiger partial charge on any atom is 0.120 e. The van der Waals surface area contributed by atoms with Crippen molar-refractivity contribution < 1.29 is 4.74 Å². The molecule has 0 radical (unpaired) electrons. The lowest BCUT2D eigenvalue weighted by Gasteiger charge is -2.14. The first-order valence-corrected chi connectivity index (χ1v) is 7.33. The van der Waals surface area contributed by atoms with Gasteiger partial charge in [0.15, 0.2) is 0 Å². The van der Waals surface area contributed by atoms with Crippen molar-refractivity contribution in [2.24, 2.45) is 0 Å². The minimum Gasteiger partial charge on any atom is -0.489 e. The van der Waals surface area contributed by atoms with Gasteiger partial charge in [-0.1, -0.05) is 43.3 Å². The predicted molar refractivity (Wildman–Crippen MR) is 89.5 cm³/mol. The summed E-state index contributed by atoms with van der Waals surface area (Å²) < 4.78 is 5.91. The molecule has 2 aromatic rings. The van der Waals surface area contributed by atoms with Crippen molar-refractivity contribution in [1.82, 2.24) is 5.32 Å². The molecule has 1 atom stereocenters. The Morgan fingerprint density at radius 3 is 2.76 bits per heavy atom. The van der Waals surface area contributed by atoms with E-state index in [-0.39, 0.29) is 12.4 Å². The summed E-state index contributed by atoms with van der Waals surface area (Å²) >= 11 is 0. The Hall–Kier alpha value is -1.51. The van der Waals surface area contributed by atoms with E-state index in [9.17, 15) is 0 Å². The molecule has 3 heteroatoms. The van der Waals surface area contributed by atoms with Crippen LogP contribution in [-0.2, 0) is 13.0 Å². The minimum absolute atomic E-state index is 0. The second kappa shape index (κ2) is 7.48. The molecule has 0 unspecified atom stereocenters. The first-order valence-electron chi connectivity index (χ1n) is 7.33. The monoisotopic (exact) mass is 303 g/mol. The Balaban J connectivity index is 0.00000161. The quantitative estimate of drug-likeness (QED) is 0.927. The number of ether oxygens (including phenoxy) is 1. The Labute approximate surface area is 132 Å². The first-order chi connectivity index (χ1) is 9.83. The molecular weight excluding hydrogens is 282 g/mol. The number of hydrogen-bond donors (Lipinski definition) is 1. The standard InChI is InChI=1S/C18H21NO.ClH/c1-14-12-19-10-9-16-11-17(7-8-18(14)16)20-13-15-5-3-2-4-6-15;/h2-8,11,14,19H,9-10,12-13H2,1H3;1H/t14-;/m0./s1. The van der Waals surface area contributed by atoms with Gasteiger partial charge in [0.1, 0.15) is 12.4 Å². The summed E-state index contributed by atoms with van der Waals surface area (Å²) in [4.78, 5) is 0. The third-order valence-electron chi connectivity index (χ3n) is 3.92. The Bertz CT molecular complexity index is 571. The van der Waals surface area contributed by atoms with Gasteiger partial charge in [-0.15, -0.1) is 12.4 Å². The van der Waals surface area contributed by atoms with Crippen LogP contribution in [0.15, 0.2) is 48.5 Å². The third-order valence-corrected chi connectivity index (χ3v) is 3.92. The molecule has 3 rings (SSSR count). The second-order valence-electron chi connectivity index (χ2n) is 5.49. The molecule has 0 fully saturated rings. The van der Waals surface area contributed by atoms with E-state index < -0.39 is 0 Å². The molecule has 1 heterocycles. The molecule has 1 aliphatic heterocycles. The Morgan fingerprint density at radius 1 is 1.14 bits per heavy atom. The van der Waals surface area contributed by atoms with Crippen LogP contribution in [0.1, 0.15) is 29.5 Å². The molecule has 1 aliphatic rings. The van der Waals surface area contributed by atoms with Crippen molar-refractivity contribution in [3.8, 4) is 5.75 Å². The van der Waals surface area contributed by atoms with Gasteiger partial charge in [-0.25, -0.2) is 0 Å². The van der Waals surface area contributed by atoms with Gasteiger partial charge < -0.3 is 10.1 Å². The van der Waals surface area contributed by atoms with Crippen LogP contribution in [0.5, 0.6) is 5.75 Å². The average molecular weight is 304 g/mol. The van der Waals surface area contributed by atoms with Gasteiger partial charge in [0, 0.05) is 6.54 Å². The van der Waals surface area contributed by atoms with Gasteiger partial charge in [0.05, 0.1) is 0 Å². The summed E-state index contributed by atoms with van der Waals surface area (Å²) in [7, 11) is 0. The van der Waals surface area contributed by atoms with E-state index in [1.165, 1.54) is 16.7 Å². The van der Waals surface area contributed by atoms with E-state index in [0.717, 1.165) is 25.3 Å². The molecule has 0 amide bonds. The van der Waals surface area contributed by atoms with E-state index >= 15 is 0 Å². The summed E-state index contributed by atoms with van der Waals surface area (Å²) in [6.07, 6.45) is 1.09. The third kappa shape index (κ3) is 3.99. The number of rotatable bonds is 3. The summed E-state index contributed by atoms with van der Waals surface area (Å²) in [5, 5.41) is 3.48. The molecule has 0 saturated heterocycles. The summed E-state index contributed by atoms with van der Waals surface area (Å²) in [6, 6.07) is 16.8. The fraction of sp³-hybridized carbons (Fsp3) is 0.333. The maximum absolute atomic E-state index is 5.91. The summed E-state index contributed by atoms with van der Waals surface area (Å²) in [5.74, 6) is 1.55. The van der Waals surface area contributed by atoms with E-state index in [1.807, 2.05) is 18.2 Å². The van der Waals surface area contributed by atoms with Crippen LogP contribution in [0.2, 0.25) is 0 Å². The number of nitrogens with one attached hydrogen (secondary N) is 1. The minimum atomic E-state index is 0. The Morgan fingerprint density at radius 2 is 1.95 bits per heavy atom. The van der Waals surface area contributed by atoms with Crippen LogP contribution >= 0.6 is 12.4 Å². The summed E-state index contributed by atoms with van der Waals surface area (Å²) in [5.41, 5.74) is 4.09. The molecule has 0 aromatic heterocycles. The van der Waals surface area contributed by atoms with Gasteiger partial charge in [0.2, 0.25) is 0 Å². The van der Waals surface area contributed by atoms with Gasteiger partial charge in [-0.2, -0.15) is 0 Å². The van der Waals surface area contributed by atoms with E-state index in [4.69, 9.17) is 4.74 Å². The zero-order chi connectivity index (χ0) is 13.8. The van der Waals surface area contributed by atoms with Crippen LogP contribution in [0.3, 0.4) is 0 Å². The lowest BCUT2D eigenvalue weighted by molar-refractivity contribution is 0.306. The molecular formula is C18H22ClNO. The highest BCUT2D eigenvalue weighted by molar-refractivity contribution is 5.85. The van der Waals surface area contributed by atoms with Crippen LogP contribution < -0.4 is 10.1 Å². The SMILES string of the molecule is C[C@H]1CNCCc2cc(OCc3ccccc3)ccc21.Cl. The molecule has 0 spiro atoms. The largest absolute Gasteiger partial charge is 0.489 e. The highest BCUT2D eigenvalue weighted by Crippen LogP contribution is 2.26. The number of hydrogen-bond acceptors (Lipinski definition) is 2. The van der Waals surface area contributed by atoms with Crippen molar-refractivity contribution in [2.45, 2.75) is 25.9 Å².